The molecule has 0 fully saturated rings. The number of ether oxygens (including phenoxy) is 1. The molecule has 0 spiro atoms. The lowest BCUT2D eigenvalue weighted by Crippen LogP contribution is -1.90. The Balaban J connectivity index is 2.24. The zero-order chi connectivity index (χ0) is 15.1. The molecule has 1 nitrogen and oxygen atoms in total. The van der Waals surface area contributed by atoms with Crippen molar-refractivity contribution < 1.29 is 4.74 Å². The number of fused-ring (bicyclic) bond motifs is 3. The molecular formula is C19H13IOS. The average Bonchev–Trinajstić information content (AvgIpc) is 3.09. The maximum absolute atomic E-state index is 5.45. The van der Waals surface area contributed by atoms with E-state index in [-0.39, 0.29) is 0 Å². The fraction of sp³-hybridized carbons (Fsp3) is 0.0526. The first-order valence-electron chi connectivity index (χ1n) is 7.01. The number of benzene rings is 3. The monoisotopic (exact) mass is 416 g/mol. The van der Waals surface area contributed by atoms with E-state index in [0.29, 0.717) is 0 Å². The molecule has 4 aromatic rings. The van der Waals surface area contributed by atoms with Gasteiger partial charge in [-0.05, 0) is 67.7 Å². The number of halogens is 1. The molecule has 0 amide bonds. The smallest absolute Gasteiger partial charge is 0.119 e. The standard InChI is InChI=1S/C19H13IOS/c1-21-12-8-9-14-13-5-2-3-6-15(13)19(20)18(16(14)11-12)17-7-4-10-22-17/h2-11H,1H3. The maximum Gasteiger partial charge on any atom is 0.119 e. The molecule has 108 valence electrons. The zero-order valence-electron chi connectivity index (χ0n) is 12.0. The zero-order valence-corrected chi connectivity index (χ0v) is 14.9. The van der Waals surface area contributed by atoms with Crippen LogP contribution in [-0.2, 0) is 0 Å². The van der Waals surface area contributed by atoms with E-state index in [2.05, 4.69) is 76.5 Å². The van der Waals surface area contributed by atoms with E-state index < -0.39 is 0 Å². The molecule has 0 unspecified atom stereocenters. The Labute approximate surface area is 146 Å². The van der Waals surface area contributed by atoms with E-state index in [0.717, 1.165) is 5.75 Å². The summed E-state index contributed by atoms with van der Waals surface area (Å²) < 4.78 is 6.75. The Morgan fingerprint density at radius 1 is 0.864 bits per heavy atom. The Morgan fingerprint density at radius 3 is 2.36 bits per heavy atom. The highest BCUT2D eigenvalue weighted by Crippen LogP contribution is 2.42. The Bertz CT molecular complexity index is 974. The van der Waals surface area contributed by atoms with E-state index in [4.69, 9.17) is 4.74 Å². The van der Waals surface area contributed by atoms with Gasteiger partial charge in [-0.2, -0.15) is 0 Å². The van der Waals surface area contributed by atoms with E-state index in [1.165, 1.54) is 35.6 Å². The third-order valence-corrected chi connectivity index (χ3v) is 5.94. The molecule has 0 saturated heterocycles. The van der Waals surface area contributed by atoms with Crippen LogP contribution in [0.4, 0.5) is 0 Å². The van der Waals surface area contributed by atoms with Crippen LogP contribution in [0, 0.1) is 3.57 Å². The second-order valence-electron chi connectivity index (χ2n) is 5.12. The lowest BCUT2D eigenvalue weighted by atomic mass is 9.96. The average molecular weight is 416 g/mol. The molecular weight excluding hydrogens is 403 g/mol. The lowest BCUT2D eigenvalue weighted by molar-refractivity contribution is 0.415. The predicted molar refractivity (Wildman–Crippen MR) is 104 cm³/mol. The largest absolute Gasteiger partial charge is 0.497 e. The first-order valence-corrected chi connectivity index (χ1v) is 8.97. The highest BCUT2D eigenvalue weighted by molar-refractivity contribution is 14.1. The minimum Gasteiger partial charge on any atom is -0.497 e. The van der Waals surface area contributed by atoms with Crippen LogP contribution in [0.3, 0.4) is 0 Å². The molecule has 0 aliphatic heterocycles. The van der Waals surface area contributed by atoms with Crippen molar-refractivity contribution in [3.05, 3.63) is 63.5 Å². The number of rotatable bonds is 2. The fourth-order valence-corrected chi connectivity index (χ4v) is 4.94. The third-order valence-electron chi connectivity index (χ3n) is 3.94. The molecule has 4 rings (SSSR count). The highest BCUT2D eigenvalue weighted by atomic mass is 127. The second kappa shape index (κ2) is 5.56. The molecule has 0 saturated carbocycles. The molecule has 0 bridgehead atoms. The Hall–Kier alpha value is -1.59. The summed E-state index contributed by atoms with van der Waals surface area (Å²) in [5.41, 5.74) is 1.31. The van der Waals surface area contributed by atoms with Crippen molar-refractivity contribution >= 4 is 55.5 Å². The minimum atomic E-state index is 0.899. The molecule has 3 aromatic carbocycles. The first-order chi connectivity index (χ1) is 10.8. The molecule has 0 atom stereocenters. The Kier molecular flexibility index (Phi) is 3.54. The quantitative estimate of drug-likeness (QED) is 0.274. The van der Waals surface area contributed by atoms with Crippen molar-refractivity contribution in [2.24, 2.45) is 0 Å². The van der Waals surface area contributed by atoms with Gasteiger partial charge in [-0.3, -0.25) is 0 Å². The molecule has 22 heavy (non-hydrogen) atoms. The van der Waals surface area contributed by atoms with Crippen LogP contribution in [0.1, 0.15) is 0 Å². The van der Waals surface area contributed by atoms with Gasteiger partial charge in [0.15, 0.2) is 0 Å². The van der Waals surface area contributed by atoms with Gasteiger partial charge in [-0.1, -0.05) is 36.4 Å². The summed E-state index contributed by atoms with van der Waals surface area (Å²) in [6.45, 7) is 0. The van der Waals surface area contributed by atoms with Crippen molar-refractivity contribution in [1.82, 2.24) is 0 Å². The number of methoxy groups -OCH3 is 1. The van der Waals surface area contributed by atoms with Crippen LogP contribution in [0.5, 0.6) is 5.75 Å². The van der Waals surface area contributed by atoms with Crippen LogP contribution < -0.4 is 4.74 Å². The molecule has 1 aromatic heterocycles. The van der Waals surface area contributed by atoms with Gasteiger partial charge in [-0.15, -0.1) is 11.3 Å². The third kappa shape index (κ3) is 2.11. The van der Waals surface area contributed by atoms with Crippen LogP contribution >= 0.6 is 33.9 Å². The van der Waals surface area contributed by atoms with Gasteiger partial charge in [0.25, 0.3) is 0 Å². The van der Waals surface area contributed by atoms with Crippen molar-refractivity contribution in [1.29, 1.82) is 0 Å². The molecule has 3 heteroatoms. The second-order valence-corrected chi connectivity index (χ2v) is 7.15. The summed E-state index contributed by atoms with van der Waals surface area (Å²) >= 11 is 4.26. The van der Waals surface area contributed by atoms with Crippen LogP contribution in [0.2, 0.25) is 0 Å². The Morgan fingerprint density at radius 2 is 1.64 bits per heavy atom. The first kappa shape index (κ1) is 14.0. The summed E-state index contributed by atoms with van der Waals surface area (Å²) in [5, 5.41) is 7.27. The predicted octanol–water partition coefficient (Wildman–Crippen LogP) is 6.33. The van der Waals surface area contributed by atoms with Crippen LogP contribution in [0.15, 0.2) is 60.0 Å². The maximum atomic E-state index is 5.45. The molecule has 0 radical (unpaired) electrons. The SMILES string of the molecule is COc1ccc2c(c1)c(-c1cccs1)c(I)c1ccccc12. The summed E-state index contributed by atoms with van der Waals surface area (Å²) in [4.78, 5) is 1.30. The van der Waals surface area contributed by atoms with E-state index in [1.54, 1.807) is 18.4 Å². The van der Waals surface area contributed by atoms with Gasteiger partial charge in [-0.25, -0.2) is 0 Å². The van der Waals surface area contributed by atoms with Crippen molar-refractivity contribution in [2.75, 3.05) is 7.11 Å². The van der Waals surface area contributed by atoms with E-state index >= 15 is 0 Å². The minimum absolute atomic E-state index is 0.899. The van der Waals surface area contributed by atoms with Crippen molar-refractivity contribution in [3.8, 4) is 16.2 Å². The van der Waals surface area contributed by atoms with Gasteiger partial charge in [0.1, 0.15) is 5.75 Å². The normalized spacial score (nSPS) is 11.2. The lowest BCUT2D eigenvalue weighted by Gasteiger charge is -2.14. The van der Waals surface area contributed by atoms with Gasteiger partial charge < -0.3 is 4.74 Å². The van der Waals surface area contributed by atoms with Crippen molar-refractivity contribution in [2.45, 2.75) is 0 Å². The molecule has 0 N–H and O–H groups in total. The molecule has 0 aliphatic carbocycles. The van der Waals surface area contributed by atoms with E-state index in [1.807, 2.05) is 6.07 Å². The summed E-state index contributed by atoms with van der Waals surface area (Å²) in [5.74, 6) is 0.899. The number of hydrogen-bond donors (Lipinski definition) is 0. The van der Waals surface area contributed by atoms with Gasteiger partial charge in [0.05, 0.1) is 7.11 Å². The number of thiophene rings is 1. The molecule has 1 heterocycles. The number of hydrogen-bond acceptors (Lipinski definition) is 2. The summed E-state index contributed by atoms with van der Waals surface area (Å²) in [6.07, 6.45) is 0. The summed E-state index contributed by atoms with van der Waals surface area (Å²) in [7, 11) is 1.72. The highest BCUT2D eigenvalue weighted by Gasteiger charge is 2.15. The summed E-state index contributed by atoms with van der Waals surface area (Å²) in [6, 6.07) is 19.3. The van der Waals surface area contributed by atoms with Crippen molar-refractivity contribution in [3.63, 3.8) is 0 Å². The van der Waals surface area contributed by atoms with Crippen LogP contribution in [-0.4, -0.2) is 7.11 Å². The van der Waals surface area contributed by atoms with Gasteiger partial charge in [0, 0.05) is 14.0 Å². The van der Waals surface area contributed by atoms with Gasteiger partial charge >= 0.3 is 0 Å². The van der Waals surface area contributed by atoms with Gasteiger partial charge in [0.2, 0.25) is 0 Å². The fourth-order valence-electron chi connectivity index (χ4n) is 2.92. The van der Waals surface area contributed by atoms with E-state index in [9.17, 15) is 0 Å². The topological polar surface area (TPSA) is 9.23 Å². The van der Waals surface area contributed by atoms with Crippen LogP contribution in [0.25, 0.3) is 32.0 Å². The molecule has 0 aliphatic rings.